The standard InChI is InChI=1S/C19H24N2O3S/c1-5-21(16-11-7-6-8-12-16)25(23,24)17-13-9-10-15(14-17)18(22)20-19(2,3)4/h6-14H,5H2,1-4H3,(H,20,22). The van der Waals surface area contributed by atoms with Crippen molar-refractivity contribution in [3.63, 3.8) is 0 Å². The van der Waals surface area contributed by atoms with Crippen LogP contribution in [0.3, 0.4) is 0 Å². The number of carbonyl (C=O) groups is 1. The van der Waals surface area contributed by atoms with Crippen molar-refractivity contribution in [2.24, 2.45) is 0 Å². The summed E-state index contributed by atoms with van der Waals surface area (Å²) in [6.07, 6.45) is 0. The highest BCUT2D eigenvalue weighted by atomic mass is 32.2. The number of nitrogens with one attached hydrogen (secondary N) is 1. The van der Waals surface area contributed by atoms with E-state index in [2.05, 4.69) is 5.32 Å². The summed E-state index contributed by atoms with van der Waals surface area (Å²) >= 11 is 0. The van der Waals surface area contributed by atoms with Crippen LogP contribution in [0.25, 0.3) is 0 Å². The third-order valence-electron chi connectivity index (χ3n) is 3.50. The zero-order valence-corrected chi connectivity index (χ0v) is 15.8. The molecule has 6 heteroatoms. The van der Waals surface area contributed by atoms with E-state index in [4.69, 9.17) is 0 Å². The van der Waals surface area contributed by atoms with E-state index in [0.29, 0.717) is 17.8 Å². The van der Waals surface area contributed by atoms with Crippen molar-refractivity contribution in [3.8, 4) is 0 Å². The first-order valence-electron chi connectivity index (χ1n) is 8.15. The molecule has 0 aliphatic carbocycles. The fourth-order valence-corrected chi connectivity index (χ4v) is 3.94. The Morgan fingerprint density at radius 1 is 1.04 bits per heavy atom. The number of rotatable bonds is 5. The molecule has 0 radical (unpaired) electrons. The fourth-order valence-electron chi connectivity index (χ4n) is 2.42. The van der Waals surface area contributed by atoms with Gasteiger partial charge in [0, 0.05) is 17.6 Å². The van der Waals surface area contributed by atoms with Crippen LogP contribution in [-0.2, 0) is 10.0 Å². The van der Waals surface area contributed by atoms with Crippen LogP contribution >= 0.6 is 0 Å². The minimum atomic E-state index is -3.75. The molecule has 0 unspecified atom stereocenters. The number of nitrogens with zero attached hydrogens (tertiary/aromatic N) is 1. The molecular weight excluding hydrogens is 336 g/mol. The molecule has 5 nitrogen and oxygen atoms in total. The highest BCUT2D eigenvalue weighted by Gasteiger charge is 2.25. The first-order chi connectivity index (χ1) is 11.6. The number of carbonyl (C=O) groups excluding carboxylic acids is 1. The lowest BCUT2D eigenvalue weighted by Crippen LogP contribution is -2.40. The summed E-state index contributed by atoms with van der Waals surface area (Å²) in [5, 5.41) is 2.84. The second kappa shape index (κ2) is 7.27. The summed E-state index contributed by atoms with van der Waals surface area (Å²) < 4.78 is 27.4. The third-order valence-corrected chi connectivity index (χ3v) is 5.40. The molecule has 2 aromatic carbocycles. The van der Waals surface area contributed by atoms with Gasteiger partial charge < -0.3 is 5.32 Å². The monoisotopic (exact) mass is 360 g/mol. The molecule has 0 heterocycles. The van der Waals surface area contributed by atoms with E-state index in [-0.39, 0.29) is 10.8 Å². The molecule has 0 fully saturated rings. The van der Waals surface area contributed by atoms with E-state index in [9.17, 15) is 13.2 Å². The Bertz CT molecular complexity index is 840. The van der Waals surface area contributed by atoms with Crippen molar-refractivity contribution < 1.29 is 13.2 Å². The van der Waals surface area contributed by atoms with E-state index in [0.717, 1.165) is 0 Å². The molecule has 0 saturated carbocycles. The van der Waals surface area contributed by atoms with Crippen LogP contribution in [0.4, 0.5) is 5.69 Å². The number of sulfonamides is 1. The molecule has 1 N–H and O–H groups in total. The lowest BCUT2D eigenvalue weighted by atomic mass is 10.1. The molecule has 1 amide bonds. The van der Waals surface area contributed by atoms with Crippen molar-refractivity contribution in [2.45, 2.75) is 38.1 Å². The van der Waals surface area contributed by atoms with Gasteiger partial charge in [0.25, 0.3) is 15.9 Å². The summed E-state index contributed by atoms with van der Waals surface area (Å²) in [4.78, 5) is 12.4. The molecule has 2 aromatic rings. The Morgan fingerprint density at radius 2 is 1.68 bits per heavy atom. The number of hydrogen-bond donors (Lipinski definition) is 1. The van der Waals surface area contributed by atoms with Gasteiger partial charge in [-0.2, -0.15) is 0 Å². The number of para-hydroxylation sites is 1. The SMILES string of the molecule is CCN(c1ccccc1)S(=O)(=O)c1cccc(C(=O)NC(C)(C)C)c1. The van der Waals surface area contributed by atoms with Crippen molar-refractivity contribution in [2.75, 3.05) is 10.8 Å². The summed E-state index contributed by atoms with van der Waals surface area (Å²) in [7, 11) is -3.75. The van der Waals surface area contributed by atoms with E-state index in [1.807, 2.05) is 26.8 Å². The summed E-state index contributed by atoms with van der Waals surface area (Å²) in [5.74, 6) is -0.299. The molecule has 0 atom stereocenters. The first kappa shape index (κ1) is 19.0. The molecule has 0 aliphatic rings. The van der Waals surface area contributed by atoms with Crippen LogP contribution in [0.15, 0.2) is 59.5 Å². The van der Waals surface area contributed by atoms with Gasteiger partial charge in [0.1, 0.15) is 0 Å². The highest BCUT2D eigenvalue weighted by Crippen LogP contribution is 2.24. The minimum Gasteiger partial charge on any atom is -0.347 e. The molecular formula is C19H24N2O3S. The predicted octanol–water partition coefficient (Wildman–Crippen LogP) is 3.43. The van der Waals surface area contributed by atoms with Gasteiger partial charge in [0.05, 0.1) is 10.6 Å². The number of anilines is 1. The Labute approximate surface area is 149 Å². The lowest BCUT2D eigenvalue weighted by molar-refractivity contribution is 0.0919. The third kappa shape index (κ3) is 4.60. The maximum atomic E-state index is 13.0. The van der Waals surface area contributed by atoms with E-state index < -0.39 is 15.6 Å². The van der Waals surface area contributed by atoms with Gasteiger partial charge >= 0.3 is 0 Å². The maximum absolute atomic E-state index is 13.0. The molecule has 0 saturated heterocycles. The molecule has 0 spiro atoms. The average Bonchev–Trinajstić information content (AvgIpc) is 2.55. The summed E-state index contributed by atoms with van der Waals surface area (Å²) in [5.41, 5.74) is 0.514. The number of hydrogen-bond acceptors (Lipinski definition) is 3. The topological polar surface area (TPSA) is 66.5 Å². The Kier molecular flexibility index (Phi) is 5.52. The van der Waals surface area contributed by atoms with Crippen LogP contribution in [-0.4, -0.2) is 26.4 Å². The molecule has 0 aromatic heterocycles. The van der Waals surface area contributed by atoms with Gasteiger partial charge in [-0.05, 0) is 58.0 Å². The summed E-state index contributed by atoms with van der Waals surface area (Å²) in [6, 6.07) is 15.0. The van der Waals surface area contributed by atoms with Crippen LogP contribution in [0, 0.1) is 0 Å². The van der Waals surface area contributed by atoms with Crippen LogP contribution in [0.5, 0.6) is 0 Å². The largest absolute Gasteiger partial charge is 0.347 e. The highest BCUT2D eigenvalue weighted by molar-refractivity contribution is 7.92. The van der Waals surface area contributed by atoms with E-state index >= 15 is 0 Å². The molecule has 0 aliphatic heterocycles. The quantitative estimate of drug-likeness (QED) is 0.888. The normalized spacial score (nSPS) is 11.8. The fraction of sp³-hybridized carbons (Fsp3) is 0.316. The van der Waals surface area contributed by atoms with Crippen LogP contribution in [0.2, 0.25) is 0 Å². The number of amides is 1. The van der Waals surface area contributed by atoms with E-state index in [1.165, 1.54) is 16.4 Å². The molecule has 0 bridgehead atoms. The van der Waals surface area contributed by atoms with E-state index in [1.54, 1.807) is 43.3 Å². The van der Waals surface area contributed by atoms with Gasteiger partial charge in [-0.15, -0.1) is 0 Å². The van der Waals surface area contributed by atoms with Gasteiger partial charge in [0.15, 0.2) is 0 Å². The Hall–Kier alpha value is -2.34. The predicted molar refractivity (Wildman–Crippen MR) is 100 cm³/mol. The van der Waals surface area contributed by atoms with Crippen molar-refractivity contribution in [3.05, 3.63) is 60.2 Å². The molecule has 2 rings (SSSR count). The zero-order chi connectivity index (χ0) is 18.7. The smallest absolute Gasteiger partial charge is 0.264 e. The Balaban J connectivity index is 2.40. The lowest BCUT2D eigenvalue weighted by Gasteiger charge is -2.23. The van der Waals surface area contributed by atoms with Gasteiger partial charge in [-0.3, -0.25) is 9.10 Å². The van der Waals surface area contributed by atoms with Crippen LogP contribution in [0.1, 0.15) is 38.1 Å². The van der Waals surface area contributed by atoms with Gasteiger partial charge in [-0.25, -0.2) is 8.42 Å². The maximum Gasteiger partial charge on any atom is 0.264 e. The second-order valence-corrected chi connectivity index (χ2v) is 8.60. The molecule has 134 valence electrons. The van der Waals surface area contributed by atoms with Gasteiger partial charge in [-0.1, -0.05) is 24.3 Å². The number of benzene rings is 2. The summed E-state index contributed by atoms with van der Waals surface area (Å²) in [6.45, 7) is 7.70. The van der Waals surface area contributed by atoms with Gasteiger partial charge in [0.2, 0.25) is 0 Å². The van der Waals surface area contributed by atoms with Crippen molar-refractivity contribution in [1.82, 2.24) is 5.32 Å². The van der Waals surface area contributed by atoms with Crippen molar-refractivity contribution >= 4 is 21.6 Å². The molecule has 25 heavy (non-hydrogen) atoms. The second-order valence-electron chi connectivity index (χ2n) is 6.74. The van der Waals surface area contributed by atoms with Crippen LogP contribution < -0.4 is 9.62 Å². The zero-order valence-electron chi connectivity index (χ0n) is 15.0. The van der Waals surface area contributed by atoms with Crippen molar-refractivity contribution in [1.29, 1.82) is 0 Å². The Morgan fingerprint density at radius 3 is 2.24 bits per heavy atom. The minimum absolute atomic E-state index is 0.0970. The average molecular weight is 360 g/mol. The first-order valence-corrected chi connectivity index (χ1v) is 9.59.